The predicted molar refractivity (Wildman–Crippen MR) is 97.9 cm³/mol. The van der Waals surface area contributed by atoms with E-state index in [4.69, 9.17) is 5.11 Å². The Balaban J connectivity index is 1.66. The molecular formula is C19H37N3O2. The van der Waals surface area contributed by atoms with Crippen LogP contribution in [0.5, 0.6) is 0 Å². The number of likely N-dealkylation sites (tertiary alicyclic amines) is 1. The third-order valence-corrected chi connectivity index (χ3v) is 6.16. The first-order chi connectivity index (χ1) is 11.5. The Hall–Kier alpha value is -0.650. The fraction of sp³-hybridized carbons (Fsp3) is 0.947. The Labute approximate surface area is 147 Å². The normalized spacial score (nSPS) is 29.8. The maximum atomic E-state index is 12.4. The van der Waals surface area contributed by atoms with Gasteiger partial charge in [-0.2, -0.15) is 0 Å². The molecule has 2 rings (SSSR count). The zero-order valence-corrected chi connectivity index (χ0v) is 15.8. The lowest BCUT2D eigenvalue weighted by Crippen LogP contribution is -2.47. The number of aliphatic hydroxyl groups is 1. The molecule has 0 aromatic heterocycles. The largest absolute Gasteiger partial charge is 0.395 e. The van der Waals surface area contributed by atoms with Gasteiger partial charge in [0.1, 0.15) is 0 Å². The number of carbonyl (C=O) groups is 1. The highest BCUT2D eigenvalue weighted by Crippen LogP contribution is 2.29. The molecule has 5 heteroatoms. The topological polar surface area (TPSA) is 55.8 Å². The number of nitrogens with zero attached hydrogens (tertiary/aromatic N) is 2. The van der Waals surface area contributed by atoms with Crippen molar-refractivity contribution in [2.75, 3.05) is 46.4 Å². The summed E-state index contributed by atoms with van der Waals surface area (Å²) in [5, 5.41) is 12.3. The standard InChI is InChI=1S/C19H37N3O2/c1-15-5-4-6-18(16(15)2)20-19(24)14-21(3)13-17-7-9-22(10-8-17)11-12-23/h15-18,23H,4-14H2,1-3H3,(H,20,24)/t15-,16+,18+/m1/s1. The van der Waals surface area contributed by atoms with Crippen molar-refractivity contribution in [3.05, 3.63) is 0 Å². The van der Waals surface area contributed by atoms with Gasteiger partial charge in [-0.3, -0.25) is 9.69 Å². The van der Waals surface area contributed by atoms with E-state index in [9.17, 15) is 4.79 Å². The second-order valence-corrected chi connectivity index (χ2v) is 8.15. The summed E-state index contributed by atoms with van der Waals surface area (Å²) in [5.41, 5.74) is 0. The quantitative estimate of drug-likeness (QED) is 0.739. The molecular weight excluding hydrogens is 302 g/mol. The summed E-state index contributed by atoms with van der Waals surface area (Å²) < 4.78 is 0. The van der Waals surface area contributed by atoms with Crippen LogP contribution in [0.25, 0.3) is 0 Å². The highest BCUT2D eigenvalue weighted by Gasteiger charge is 2.28. The molecule has 5 nitrogen and oxygen atoms in total. The molecule has 140 valence electrons. The highest BCUT2D eigenvalue weighted by atomic mass is 16.3. The molecule has 2 fully saturated rings. The zero-order valence-electron chi connectivity index (χ0n) is 15.8. The minimum atomic E-state index is 0.182. The highest BCUT2D eigenvalue weighted by molar-refractivity contribution is 5.78. The summed E-state index contributed by atoms with van der Waals surface area (Å²) in [6.45, 7) is 9.28. The molecule has 0 spiro atoms. The smallest absolute Gasteiger partial charge is 0.234 e. The van der Waals surface area contributed by atoms with Gasteiger partial charge in [-0.15, -0.1) is 0 Å². The van der Waals surface area contributed by atoms with E-state index < -0.39 is 0 Å². The van der Waals surface area contributed by atoms with Crippen LogP contribution in [0.15, 0.2) is 0 Å². The number of carbonyl (C=O) groups excluding carboxylic acids is 1. The number of β-amino-alcohol motifs (C(OH)–C–C–N with tert-alkyl or cyclic N) is 1. The number of amides is 1. The summed E-state index contributed by atoms with van der Waals surface area (Å²) in [6, 6.07) is 0.358. The van der Waals surface area contributed by atoms with Gasteiger partial charge in [0.05, 0.1) is 13.2 Å². The van der Waals surface area contributed by atoms with Gasteiger partial charge in [0, 0.05) is 19.1 Å². The van der Waals surface area contributed by atoms with Crippen LogP contribution in [-0.2, 0) is 4.79 Å². The molecule has 1 saturated heterocycles. The van der Waals surface area contributed by atoms with Crippen LogP contribution in [0.4, 0.5) is 0 Å². The van der Waals surface area contributed by atoms with E-state index in [1.165, 1.54) is 25.7 Å². The fourth-order valence-corrected chi connectivity index (χ4v) is 4.32. The number of hydrogen-bond donors (Lipinski definition) is 2. The number of piperidine rings is 1. The van der Waals surface area contributed by atoms with Crippen molar-refractivity contribution >= 4 is 5.91 Å². The van der Waals surface area contributed by atoms with Gasteiger partial charge in [-0.05, 0) is 57.2 Å². The number of nitrogens with one attached hydrogen (secondary N) is 1. The van der Waals surface area contributed by atoms with Crippen LogP contribution in [0, 0.1) is 17.8 Å². The van der Waals surface area contributed by atoms with E-state index >= 15 is 0 Å². The van der Waals surface area contributed by atoms with Crippen molar-refractivity contribution < 1.29 is 9.90 Å². The van der Waals surface area contributed by atoms with E-state index in [2.05, 4.69) is 36.0 Å². The van der Waals surface area contributed by atoms with Crippen LogP contribution in [0.3, 0.4) is 0 Å². The van der Waals surface area contributed by atoms with Crippen LogP contribution >= 0.6 is 0 Å². The van der Waals surface area contributed by atoms with E-state index in [1.54, 1.807) is 0 Å². The van der Waals surface area contributed by atoms with E-state index in [1.807, 2.05) is 0 Å². The van der Waals surface area contributed by atoms with Crippen molar-refractivity contribution in [1.29, 1.82) is 0 Å². The average molecular weight is 340 g/mol. The molecule has 0 bridgehead atoms. The van der Waals surface area contributed by atoms with Crippen molar-refractivity contribution in [2.24, 2.45) is 17.8 Å². The molecule has 1 aliphatic heterocycles. The van der Waals surface area contributed by atoms with Crippen LogP contribution in [-0.4, -0.2) is 73.2 Å². The molecule has 2 aliphatic rings. The van der Waals surface area contributed by atoms with Gasteiger partial charge >= 0.3 is 0 Å². The minimum Gasteiger partial charge on any atom is -0.395 e. The lowest BCUT2D eigenvalue weighted by Gasteiger charge is -2.35. The van der Waals surface area contributed by atoms with Crippen LogP contribution < -0.4 is 5.32 Å². The Kier molecular flexibility index (Phi) is 7.98. The first kappa shape index (κ1) is 19.7. The lowest BCUT2D eigenvalue weighted by atomic mass is 9.78. The van der Waals surface area contributed by atoms with Crippen molar-refractivity contribution in [1.82, 2.24) is 15.1 Å². The maximum absolute atomic E-state index is 12.4. The molecule has 3 atom stereocenters. The second-order valence-electron chi connectivity index (χ2n) is 8.15. The van der Waals surface area contributed by atoms with E-state index in [-0.39, 0.29) is 12.5 Å². The Morgan fingerprint density at radius 3 is 2.58 bits per heavy atom. The van der Waals surface area contributed by atoms with Crippen molar-refractivity contribution in [3.8, 4) is 0 Å². The number of hydrogen-bond acceptors (Lipinski definition) is 4. The SMILES string of the molecule is C[C@H]1[C@H](C)CCC[C@@H]1NC(=O)CN(C)CC1CCN(CCO)CC1. The first-order valence-corrected chi connectivity index (χ1v) is 9.80. The molecule has 1 amide bonds. The number of likely N-dealkylation sites (N-methyl/N-ethyl adjacent to an activating group) is 1. The molecule has 1 saturated carbocycles. The van der Waals surface area contributed by atoms with E-state index in [0.717, 1.165) is 32.6 Å². The molecule has 2 N–H and O–H groups in total. The molecule has 0 radical (unpaired) electrons. The van der Waals surface area contributed by atoms with Crippen LogP contribution in [0.1, 0.15) is 46.0 Å². The molecule has 1 heterocycles. The van der Waals surface area contributed by atoms with E-state index in [0.29, 0.717) is 30.3 Å². The molecule has 0 unspecified atom stereocenters. The summed E-state index contributed by atoms with van der Waals surface area (Å²) in [7, 11) is 2.06. The van der Waals surface area contributed by atoms with Gasteiger partial charge in [-0.25, -0.2) is 0 Å². The van der Waals surface area contributed by atoms with Gasteiger partial charge in [0.15, 0.2) is 0 Å². The summed E-state index contributed by atoms with van der Waals surface area (Å²) >= 11 is 0. The molecule has 0 aromatic rings. The van der Waals surface area contributed by atoms with Gasteiger partial charge in [0.2, 0.25) is 5.91 Å². The Bertz CT molecular complexity index is 383. The van der Waals surface area contributed by atoms with Gasteiger partial charge < -0.3 is 15.3 Å². The Morgan fingerprint density at radius 2 is 1.92 bits per heavy atom. The zero-order chi connectivity index (χ0) is 17.5. The number of aliphatic hydroxyl groups excluding tert-OH is 1. The monoisotopic (exact) mass is 339 g/mol. The molecule has 1 aliphatic carbocycles. The maximum Gasteiger partial charge on any atom is 0.234 e. The third-order valence-electron chi connectivity index (χ3n) is 6.16. The van der Waals surface area contributed by atoms with Gasteiger partial charge in [0.25, 0.3) is 0 Å². The predicted octanol–water partition coefficient (Wildman–Crippen LogP) is 1.56. The third kappa shape index (κ3) is 6.01. The van der Waals surface area contributed by atoms with Gasteiger partial charge in [-0.1, -0.05) is 26.7 Å². The molecule has 0 aromatic carbocycles. The fourth-order valence-electron chi connectivity index (χ4n) is 4.32. The summed E-state index contributed by atoms with van der Waals surface area (Å²) in [5.74, 6) is 2.15. The minimum absolute atomic E-state index is 0.182. The summed E-state index contributed by atoms with van der Waals surface area (Å²) in [6.07, 6.45) is 6.00. The Morgan fingerprint density at radius 1 is 1.21 bits per heavy atom. The average Bonchev–Trinajstić information content (AvgIpc) is 2.54. The summed E-state index contributed by atoms with van der Waals surface area (Å²) in [4.78, 5) is 16.9. The lowest BCUT2D eigenvalue weighted by molar-refractivity contribution is -0.123. The molecule has 24 heavy (non-hydrogen) atoms. The van der Waals surface area contributed by atoms with Crippen molar-refractivity contribution in [3.63, 3.8) is 0 Å². The second kappa shape index (κ2) is 9.73. The van der Waals surface area contributed by atoms with Crippen LogP contribution in [0.2, 0.25) is 0 Å². The number of rotatable bonds is 7. The van der Waals surface area contributed by atoms with Crippen molar-refractivity contribution in [2.45, 2.75) is 52.0 Å². The first-order valence-electron chi connectivity index (χ1n) is 9.80.